The number of rotatable bonds is 6. The highest BCUT2D eigenvalue weighted by atomic mass is 79.9. The van der Waals surface area contributed by atoms with E-state index in [-0.39, 0.29) is 22.5 Å². The molecule has 0 aliphatic rings. The molecule has 0 aliphatic carbocycles. The van der Waals surface area contributed by atoms with Crippen molar-refractivity contribution in [2.24, 2.45) is 0 Å². The number of benzene rings is 1. The van der Waals surface area contributed by atoms with E-state index < -0.39 is 16.3 Å². The quantitative estimate of drug-likeness (QED) is 0.617. The van der Waals surface area contributed by atoms with Crippen molar-refractivity contribution in [2.75, 3.05) is 11.9 Å². The molecule has 2 N–H and O–H groups in total. The lowest BCUT2D eigenvalue weighted by Gasteiger charge is -2.30. The van der Waals surface area contributed by atoms with Crippen molar-refractivity contribution in [3.63, 3.8) is 0 Å². The molecule has 0 saturated carbocycles. The minimum Gasteiger partial charge on any atom is -0.396 e. The third-order valence-electron chi connectivity index (χ3n) is 3.12. The van der Waals surface area contributed by atoms with Crippen LogP contribution in [0.2, 0.25) is 0 Å². The molecular formula is C12H16BrFN2O3. The molecular weight excluding hydrogens is 319 g/mol. The maximum Gasteiger partial charge on any atom is 0.295 e. The molecule has 0 heterocycles. The van der Waals surface area contributed by atoms with Crippen molar-refractivity contribution in [3.8, 4) is 0 Å². The molecule has 0 saturated heterocycles. The molecule has 5 nitrogen and oxygen atoms in total. The Morgan fingerprint density at radius 2 is 2.21 bits per heavy atom. The van der Waals surface area contributed by atoms with Crippen LogP contribution in [0.4, 0.5) is 15.8 Å². The van der Waals surface area contributed by atoms with Crippen molar-refractivity contribution in [1.29, 1.82) is 0 Å². The molecule has 0 radical (unpaired) electrons. The van der Waals surface area contributed by atoms with Crippen LogP contribution in [0, 0.1) is 15.9 Å². The minimum atomic E-state index is -0.683. The molecule has 1 unspecified atom stereocenters. The molecule has 1 aromatic rings. The smallest absolute Gasteiger partial charge is 0.295 e. The molecule has 1 rings (SSSR count). The third kappa shape index (κ3) is 3.87. The third-order valence-corrected chi connectivity index (χ3v) is 3.72. The predicted octanol–water partition coefficient (Wildman–Crippen LogP) is 3.46. The Kier molecular flexibility index (Phi) is 5.25. The van der Waals surface area contributed by atoms with E-state index in [1.807, 2.05) is 13.8 Å². The average Bonchev–Trinajstić information content (AvgIpc) is 2.33. The maximum atomic E-state index is 13.4. The van der Waals surface area contributed by atoms with Crippen LogP contribution >= 0.6 is 15.9 Å². The van der Waals surface area contributed by atoms with Crippen molar-refractivity contribution in [2.45, 2.75) is 32.2 Å². The lowest BCUT2D eigenvalue weighted by molar-refractivity contribution is -0.384. The summed E-state index contributed by atoms with van der Waals surface area (Å²) in [6.07, 6.45) is 1.11. The topological polar surface area (TPSA) is 75.4 Å². The fourth-order valence-corrected chi connectivity index (χ4v) is 2.03. The van der Waals surface area contributed by atoms with Crippen LogP contribution in [0.25, 0.3) is 0 Å². The average molecular weight is 335 g/mol. The number of nitrogens with zero attached hydrogens (tertiary/aromatic N) is 1. The first-order chi connectivity index (χ1) is 8.83. The van der Waals surface area contributed by atoms with Crippen LogP contribution in [0.5, 0.6) is 0 Å². The predicted molar refractivity (Wildman–Crippen MR) is 74.8 cm³/mol. The summed E-state index contributed by atoms with van der Waals surface area (Å²) >= 11 is 3.01. The van der Waals surface area contributed by atoms with Crippen molar-refractivity contribution in [1.82, 2.24) is 0 Å². The second kappa shape index (κ2) is 6.29. The Morgan fingerprint density at radius 1 is 1.58 bits per heavy atom. The second-order valence-electron chi connectivity index (χ2n) is 4.55. The van der Waals surface area contributed by atoms with E-state index in [9.17, 15) is 14.5 Å². The Balaban J connectivity index is 3.18. The highest BCUT2D eigenvalue weighted by Gasteiger charge is 2.26. The zero-order valence-electron chi connectivity index (χ0n) is 10.7. The van der Waals surface area contributed by atoms with Gasteiger partial charge in [-0.3, -0.25) is 10.1 Å². The van der Waals surface area contributed by atoms with E-state index in [0.29, 0.717) is 12.8 Å². The number of aliphatic hydroxyl groups excluding tert-OH is 1. The Morgan fingerprint density at radius 3 is 2.68 bits per heavy atom. The van der Waals surface area contributed by atoms with Crippen molar-refractivity contribution < 1.29 is 14.4 Å². The van der Waals surface area contributed by atoms with Crippen molar-refractivity contribution in [3.05, 3.63) is 32.5 Å². The molecule has 0 bridgehead atoms. The van der Waals surface area contributed by atoms with E-state index in [0.717, 1.165) is 6.07 Å². The van der Waals surface area contributed by atoms with E-state index in [1.54, 1.807) is 0 Å². The van der Waals surface area contributed by atoms with Gasteiger partial charge in [0, 0.05) is 12.1 Å². The fourth-order valence-electron chi connectivity index (χ4n) is 1.69. The highest BCUT2D eigenvalue weighted by molar-refractivity contribution is 9.10. The molecule has 1 aromatic carbocycles. The van der Waals surface area contributed by atoms with Gasteiger partial charge in [-0.15, -0.1) is 0 Å². The van der Waals surface area contributed by atoms with Crippen LogP contribution in [0.1, 0.15) is 26.7 Å². The van der Waals surface area contributed by atoms with Gasteiger partial charge in [0.2, 0.25) is 0 Å². The van der Waals surface area contributed by atoms with Gasteiger partial charge in [0.1, 0.15) is 11.5 Å². The van der Waals surface area contributed by atoms with Gasteiger partial charge in [0.05, 0.1) is 15.5 Å². The van der Waals surface area contributed by atoms with E-state index in [2.05, 4.69) is 21.2 Å². The van der Waals surface area contributed by atoms with Gasteiger partial charge in [-0.1, -0.05) is 6.92 Å². The Labute approximate surface area is 119 Å². The largest absolute Gasteiger partial charge is 0.396 e. The number of anilines is 1. The summed E-state index contributed by atoms with van der Waals surface area (Å²) in [6.45, 7) is 3.73. The molecule has 0 aliphatic heterocycles. The van der Waals surface area contributed by atoms with Gasteiger partial charge >= 0.3 is 0 Å². The Hall–Kier alpha value is -1.21. The van der Waals surface area contributed by atoms with Crippen LogP contribution in [-0.2, 0) is 0 Å². The van der Waals surface area contributed by atoms with Gasteiger partial charge in [0.25, 0.3) is 5.69 Å². The Bertz CT molecular complexity index is 484. The zero-order chi connectivity index (χ0) is 14.6. The van der Waals surface area contributed by atoms with Gasteiger partial charge in [-0.25, -0.2) is 4.39 Å². The van der Waals surface area contributed by atoms with E-state index in [4.69, 9.17) is 5.11 Å². The molecule has 106 valence electrons. The number of aliphatic hydroxyl groups is 1. The van der Waals surface area contributed by atoms with E-state index >= 15 is 0 Å². The summed E-state index contributed by atoms with van der Waals surface area (Å²) < 4.78 is 13.5. The van der Waals surface area contributed by atoms with Crippen LogP contribution < -0.4 is 5.32 Å². The first-order valence-corrected chi connectivity index (χ1v) is 6.64. The summed E-state index contributed by atoms with van der Waals surface area (Å²) in [4.78, 5) is 10.3. The normalized spacial score (nSPS) is 13.9. The number of hydrogen-bond acceptors (Lipinski definition) is 4. The first-order valence-electron chi connectivity index (χ1n) is 5.85. The zero-order valence-corrected chi connectivity index (χ0v) is 12.3. The molecule has 0 fully saturated rings. The molecule has 19 heavy (non-hydrogen) atoms. The van der Waals surface area contributed by atoms with Crippen LogP contribution in [0.15, 0.2) is 16.6 Å². The maximum absolute atomic E-state index is 13.4. The summed E-state index contributed by atoms with van der Waals surface area (Å²) in [7, 11) is 0. The number of halogens is 2. The molecule has 0 spiro atoms. The summed E-state index contributed by atoms with van der Waals surface area (Å²) in [6, 6.07) is 2.22. The van der Waals surface area contributed by atoms with Crippen LogP contribution in [0.3, 0.4) is 0 Å². The lowest BCUT2D eigenvalue weighted by Crippen LogP contribution is -2.35. The lowest BCUT2D eigenvalue weighted by atomic mass is 9.94. The monoisotopic (exact) mass is 334 g/mol. The van der Waals surface area contributed by atoms with Crippen molar-refractivity contribution >= 4 is 27.3 Å². The van der Waals surface area contributed by atoms with Gasteiger partial charge < -0.3 is 10.4 Å². The molecule has 1 atom stereocenters. The molecule has 7 heteroatoms. The number of nitro benzene ring substituents is 1. The minimum absolute atomic E-state index is 0.0342. The van der Waals surface area contributed by atoms with Crippen LogP contribution in [-0.4, -0.2) is 22.2 Å². The van der Waals surface area contributed by atoms with Gasteiger partial charge in [-0.2, -0.15) is 0 Å². The molecule has 0 aromatic heterocycles. The summed E-state index contributed by atoms with van der Waals surface area (Å²) in [5, 5.41) is 23.0. The highest BCUT2D eigenvalue weighted by Crippen LogP contribution is 2.33. The SMILES string of the molecule is CCC(C)(CCO)Nc1cc(Br)c(F)cc1[N+](=O)[O-]. The fraction of sp³-hybridized carbons (Fsp3) is 0.500. The summed E-state index contributed by atoms with van der Waals surface area (Å²) in [5.74, 6) is -0.683. The standard InChI is InChI=1S/C12H16BrFN2O3/c1-3-12(2,4-5-17)15-10-6-8(13)9(14)7-11(10)16(18)19/h6-7,15,17H,3-5H2,1-2H3. The van der Waals surface area contributed by atoms with E-state index in [1.165, 1.54) is 6.07 Å². The summed E-state index contributed by atoms with van der Waals surface area (Å²) in [5.41, 5.74) is -0.578. The number of nitrogens with one attached hydrogen (secondary N) is 1. The first kappa shape index (κ1) is 15.8. The second-order valence-corrected chi connectivity index (χ2v) is 5.41. The molecule has 0 amide bonds. The number of hydrogen-bond donors (Lipinski definition) is 2. The van der Waals surface area contributed by atoms with Gasteiger partial charge in [0.15, 0.2) is 0 Å². The number of nitro groups is 1. The van der Waals surface area contributed by atoms with Gasteiger partial charge in [-0.05, 0) is 41.8 Å².